The molecule has 10 heteroatoms. The van der Waals surface area contributed by atoms with Crippen LogP contribution in [0.1, 0.15) is 43.0 Å². The van der Waals surface area contributed by atoms with Crippen molar-refractivity contribution >= 4 is 10.0 Å². The minimum Gasteiger partial charge on any atom is -0.265 e. The van der Waals surface area contributed by atoms with Gasteiger partial charge in [0.05, 0.1) is 34.4 Å². The summed E-state index contributed by atoms with van der Waals surface area (Å²) in [5.74, 6) is 0. The highest BCUT2D eigenvalue weighted by molar-refractivity contribution is 7.89. The lowest BCUT2D eigenvalue weighted by molar-refractivity contribution is -0.137. The molecule has 6 nitrogen and oxygen atoms in total. The molecule has 2 aromatic heterocycles. The van der Waals surface area contributed by atoms with E-state index in [0.29, 0.717) is 11.8 Å². The van der Waals surface area contributed by atoms with Gasteiger partial charge in [0, 0.05) is 18.0 Å². The standard InChI is InChI=1S/C21H21F3N4O2S/c22-21(23,24)16-4-3-7-19(12-16)31(29,30)26-14-17-13-20(15-8-10-25-11-9-15)28(27-17)18-5-1-2-6-18/h3-4,7-13,18,26H,1-2,5-6,14H2. The summed E-state index contributed by atoms with van der Waals surface area (Å²) in [4.78, 5) is 3.59. The molecule has 0 atom stereocenters. The van der Waals surface area contributed by atoms with Gasteiger partial charge in [-0.3, -0.25) is 9.67 Å². The van der Waals surface area contributed by atoms with Crippen molar-refractivity contribution in [1.29, 1.82) is 0 Å². The predicted octanol–water partition coefficient (Wildman–Crippen LogP) is 4.56. The lowest BCUT2D eigenvalue weighted by Crippen LogP contribution is -2.24. The van der Waals surface area contributed by atoms with Gasteiger partial charge >= 0.3 is 6.18 Å². The van der Waals surface area contributed by atoms with Gasteiger partial charge in [0.15, 0.2) is 0 Å². The zero-order chi connectivity index (χ0) is 22.1. The van der Waals surface area contributed by atoms with Crippen molar-refractivity contribution in [2.75, 3.05) is 0 Å². The lowest BCUT2D eigenvalue weighted by Gasteiger charge is -2.14. The van der Waals surface area contributed by atoms with Crippen molar-refractivity contribution in [3.63, 3.8) is 0 Å². The van der Waals surface area contributed by atoms with Crippen LogP contribution in [-0.4, -0.2) is 23.2 Å². The molecular formula is C21H21F3N4O2S. The highest BCUT2D eigenvalue weighted by Gasteiger charge is 2.31. The zero-order valence-electron chi connectivity index (χ0n) is 16.5. The molecule has 0 radical (unpaired) electrons. The smallest absolute Gasteiger partial charge is 0.265 e. The highest BCUT2D eigenvalue weighted by atomic mass is 32.2. The summed E-state index contributed by atoms with van der Waals surface area (Å²) in [6.07, 6.45) is 2.94. The van der Waals surface area contributed by atoms with Crippen LogP contribution in [0.25, 0.3) is 11.3 Å². The number of alkyl halides is 3. The Balaban J connectivity index is 1.58. The SMILES string of the molecule is O=S(=O)(NCc1cc(-c2ccncc2)n(C2CCCC2)n1)c1cccc(C(F)(F)F)c1. The number of halogens is 3. The second-order valence-corrected chi connectivity index (χ2v) is 9.26. The molecule has 0 saturated heterocycles. The first-order valence-corrected chi connectivity index (χ1v) is 11.4. The number of pyridine rings is 1. The summed E-state index contributed by atoms with van der Waals surface area (Å²) >= 11 is 0. The van der Waals surface area contributed by atoms with E-state index in [9.17, 15) is 21.6 Å². The summed E-state index contributed by atoms with van der Waals surface area (Å²) in [5.41, 5.74) is 1.26. The van der Waals surface area contributed by atoms with Gasteiger partial charge in [-0.15, -0.1) is 0 Å². The van der Waals surface area contributed by atoms with Crippen LogP contribution in [0.2, 0.25) is 0 Å². The molecule has 0 unspecified atom stereocenters. The van der Waals surface area contributed by atoms with Crippen molar-refractivity contribution < 1.29 is 21.6 Å². The minimum absolute atomic E-state index is 0.129. The van der Waals surface area contributed by atoms with Crippen LogP contribution in [0.15, 0.2) is 59.8 Å². The van der Waals surface area contributed by atoms with Gasteiger partial charge in [-0.05, 0) is 49.2 Å². The van der Waals surface area contributed by atoms with Crippen LogP contribution >= 0.6 is 0 Å². The Morgan fingerprint density at radius 2 is 1.77 bits per heavy atom. The van der Waals surface area contributed by atoms with Crippen LogP contribution in [0.4, 0.5) is 13.2 Å². The maximum atomic E-state index is 12.9. The number of rotatable bonds is 6. The number of aromatic nitrogens is 3. The van der Waals surface area contributed by atoms with Crippen molar-refractivity contribution in [3.05, 3.63) is 66.1 Å². The highest BCUT2D eigenvalue weighted by Crippen LogP contribution is 2.34. The van der Waals surface area contributed by atoms with Gasteiger partial charge in [0.25, 0.3) is 0 Å². The van der Waals surface area contributed by atoms with Gasteiger partial charge in [-0.25, -0.2) is 13.1 Å². The van der Waals surface area contributed by atoms with Gasteiger partial charge in [-0.2, -0.15) is 18.3 Å². The van der Waals surface area contributed by atoms with E-state index in [2.05, 4.69) is 14.8 Å². The number of nitrogens with zero attached hydrogens (tertiary/aromatic N) is 3. The molecule has 31 heavy (non-hydrogen) atoms. The van der Waals surface area contributed by atoms with Crippen LogP contribution < -0.4 is 4.72 Å². The molecule has 1 aliphatic carbocycles. The Kier molecular flexibility index (Phi) is 5.85. The van der Waals surface area contributed by atoms with E-state index in [0.717, 1.165) is 55.1 Å². The van der Waals surface area contributed by atoms with E-state index in [-0.39, 0.29) is 12.6 Å². The lowest BCUT2D eigenvalue weighted by atomic mass is 10.1. The second kappa shape index (κ2) is 8.43. The average molecular weight is 450 g/mol. The molecule has 1 aliphatic rings. The third-order valence-corrected chi connectivity index (χ3v) is 6.75. The zero-order valence-corrected chi connectivity index (χ0v) is 17.3. The molecular weight excluding hydrogens is 429 g/mol. The molecule has 0 aliphatic heterocycles. The number of hydrogen-bond acceptors (Lipinski definition) is 4. The second-order valence-electron chi connectivity index (χ2n) is 7.49. The normalized spacial score (nSPS) is 15.5. The summed E-state index contributed by atoms with van der Waals surface area (Å²) < 4.78 is 68.3. The Labute approximate surface area is 178 Å². The topological polar surface area (TPSA) is 76.9 Å². The summed E-state index contributed by atoms with van der Waals surface area (Å²) in [7, 11) is -4.14. The first kappa shape index (κ1) is 21.5. The maximum Gasteiger partial charge on any atom is 0.416 e. The third-order valence-electron chi connectivity index (χ3n) is 5.35. The number of nitrogens with one attached hydrogen (secondary N) is 1. The fraction of sp³-hybridized carbons (Fsp3) is 0.333. The monoisotopic (exact) mass is 450 g/mol. The quantitative estimate of drug-likeness (QED) is 0.598. The van der Waals surface area contributed by atoms with E-state index in [4.69, 9.17) is 0 Å². The molecule has 0 bridgehead atoms. The van der Waals surface area contributed by atoms with Gasteiger partial charge < -0.3 is 0 Å². The van der Waals surface area contributed by atoms with Gasteiger partial charge in [0.2, 0.25) is 10.0 Å². The number of benzene rings is 1. The summed E-state index contributed by atoms with van der Waals surface area (Å²) in [5, 5.41) is 4.61. The van der Waals surface area contributed by atoms with Gasteiger partial charge in [0.1, 0.15) is 0 Å². The summed E-state index contributed by atoms with van der Waals surface area (Å²) in [6, 6.07) is 9.44. The molecule has 3 aromatic rings. The van der Waals surface area contributed by atoms with Crippen molar-refractivity contribution in [2.24, 2.45) is 0 Å². The molecule has 1 N–H and O–H groups in total. The number of sulfonamides is 1. The Morgan fingerprint density at radius 3 is 2.45 bits per heavy atom. The number of hydrogen-bond donors (Lipinski definition) is 1. The Bertz CT molecular complexity index is 1150. The van der Waals surface area contributed by atoms with E-state index in [1.54, 1.807) is 12.4 Å². The molecule has 0 amide bonds. The van der Waals surface area contributed by atoms with Gasteiger partial charge in [-0.1, -0.05) is 18.9 Å². The van der Waals surface area contributed by atoms with Crippen molar-refractivity contribution in [2.45, 2.75) is 49.3 Å². The fourth-order valence-corrected chi connectivity index (χ4v) is 4.83. The van der Waals surface area contributed by atoms with Crippen LogP contribution in [0.5, 0.6) is 0 Å². The van der Waals surface area contributed by atoms with E-state index < -0.39 is 26.7 Å². The fourth-order valence-electron chi connectivity index (χ4n) is 3.79. The molecule has 1 fully saturated rings. The molecule has 0 spiro atoms. The van der Waals surface area contributed by atoms with Crippen LogP contribution in [-0.2, 0) is 22.7 Å². The first-order chi connectivity index (χ1) is 14.7. The van der Waals surface area contributed by atoms with Crippen molar-refractivity contribution in [3.8, 4) is 11.3 Å². The molecule has 1 aromatic carbocycles. The Morgan fingerprint density at radius 1 is 1.06 bits per heavy atom. The average Bonchev–Trinajstić information content (AvgIpc) is 3.42. The Hall–Kier alpha value is -2.72. The molecule has 164 valence electrons. The van der Waals surface area contributed by atoms with Crippen molar-refractivity contribution in [1.82, 2.24) is 19.5 Å². The summed E-state index contributed by atoms with van der Waals surface area (Å²) in [6.45, 7) is -0.129. The predicted molar refractivity (Wildman–Crippen MR) is 108 cm³/mol. The van der Waals surface area contributed by atoms with Crippen LogP contribution in [0, 0.1) is 0 Å². The van der Waals surface area contributed by atoms with E-state index >= 15 is 0 Å². The van der Waals surface area contributed by atoms with Crippen LogP contribution in [0.3, 0.4) is 0 Å². The van der Waals surface area contributed by atoms with E-state index in [1.807, 2.05) is 22.9 Å². The maximum absolute atomic E-state index is 12.9. The molecule has 2 heterocycles. The minimum atomic E-state index is -4.62. The molecule has 4 rings (SSSR count). The first-order valence-electron chi connectivity index (χ1n) is 9.90. The van der Waals surface area contributed by atoms with E-state index in [1.165, 1.54) is 0 Å². The largest absolute Gasteiger partial charge is 0.416 e. The third kappa shape index (κ3) is 4.80. The molecule has 1 saturated carbocycles.